The third-order valence-corrected chi connectivity index (χ3v) is 4.46. The van der Waals surface area contributed by atoms with E-state index in [0.717, 1.165) is 35.9 Å². The molecule has 1 amide bonds. The lowest BCUT2D eigenvalue weighted by molar-refractivity contribution is -0.137. The van der Waals surface area contributed by atoms with Gasteiger partial charge in [0.1, 0.15) is 0 Å². The van der Waals surface area contributed by atoms with Crippen LogP contribution in [0.5, 0.6) is 0 Å². The fourth-order valence-electron chi connectivity index (χ4n) is 2.93. The molecule has 0 radical (unpaired) electrons. The van der Waals surface area contributed by atoms with Gasteiger partial charge in [-0.2, -0.15) is 13.2 Å². The Bertz CT molecular complexity index is 888. The van der Waals surface area contributed by atoms with E-state index in [0.29, 0.717) is 5.76 Å². The molecule has 1 fully saturated rings. The Kier molecular flexibility index (Phi) is 5.44. The third kappa shape index (κ3) is 3.88. The fourth-order valence-corrected chi connectivity index (χ4v) is 2.93. The van der Waals surface area contributed by atoms with Crippen molar-refractivity contribution in [1.29, 1.82) is 0 Å². The minimum atomic E-state index is -4.62. The van der Waals surface area contributed by atoms with Gasteiger partial charge in [-0.1, -0.05) is 5.16 Å². The molecule has 3 rings (SSSR count). The van der Waals surface area contributed by atoms with E-state index in [9.17, 15) is 22.8 Å². The summed E-state index contributed by atoms with van der Waals surface area (Å²) in [6.45, 7) is 3.25. The van der Waals surface area contributed by atoms with E-state index in [1.165, 1.54) is 6.20 Å². The van der Waals surface area contributed by atoms with E-state index < -0.39 is 23.6 Å². The Balaban J connectivity index is 2.10. The molecule has 1 aliphatic carbocycles. The molecule has 28 heavy (non-hydrogen) atoms. The lowest BCUT2D eigenvalue weighted by Crippen LogP contribution is -2.33. The first-order valence-electron chi connectivity index (χ1n) is 8.92. The van der Waals surface area contributed by atoms with Gasteiger partial charge in [-0.25, -0.2) is 4.79 Å². The van der Waals surface area contributed by atoms with Crippen LogP contribution in [0.2, 0.25) is 0 Å². The van der Waals surface area contributed by atoms with Crippen molar-refractivity contribution in [3.05, 3.63) is 46.8 Å². The largest absolute Gasteiger partial charge is 0.449 e. The lowest BCUT2D eigenvalue weighted by Gasteiger charge is -2.23. The first-order chi connectivity index (χ1) is 13.3. The van der Waals surface area contributed by atoms with Gasteiger partial charge >= 0.3 is 12.3 Å². The Morgan fingerprint density at radius 3 is 2.54 bits per heavy atom. The predicted octanol–water partition coefficient (Wildman–Crippen LogP) is 4.78. The molecule has 0 aliphatic heterocycles. The van der Waals surface area contributed by atoms with Gasteiger partial charge in [-0.05, 0) is 44.9 Å². The van der Waals surface area contributed by atoms with Crippen LogP contribution in [-0.2, 0) is 10.9 Å². The summed E-state index contributed by atoms with van der Waals surface area (Å²) in [6.07, 6.45) is -2.47. The van der Waals surface area contributed by atoms with Crippen molar-refractivity contribution in [3.63, 3.8) is 0 Å². The van der Waals surface area contributed by atoms with Crippen LogP contribution in [0.4, 0.5) is 23.7 Å². The molecule has 0 spiro atoms. The average molecular weight is 396 g/mol. The maximum atomic E-state index is 13.2. The second-order valence-electron chi connectivity index (χ2n) is 6.38. The van der Waals surface area contributed by atoms with Crippen LogP contribution in [0.1, 0.15) is 59.9 Å². The summed E-state index contributed by atoms with van der Waals surface area (Å²) >= 11 is 0. The highest BCUT2D eigenvalue weighted by atomic mass is 19.4. The highest BCUT2D eigenvalue weighted by molar-refractivity contribution is 6.14. The number of benzene rings is 1. The summed E-state index contributed by atoms with van der Waals surface area (Å²) in [4.78, 5) is 26.4. The van der Waals surface area contributed by atoms with E-state index in [4.69, 9.17) is 9.26 Å². The standard InChI is InChI=1S/C19H19F3N2O4/c1-3-24(18(26)27-4-2)15-9-12(19(20,21)22)7-8-13(15)16(25)14-10-23-28-17(14)11-5-6-11/h7-11H,3-6H2,1-2H3. The number of halogens is 3. The van der Waals surface area contributed by atoms with Crippen molar-refractivity contribution < 1.29 is 32.0 Å². The molecular formula is C19H19F3N2O4. The summed E-state index contributed by atoms with van der Waals surface area (Å²) in [5.74, 6) is -0.0312. The van der Waals surface area contributed by atoms with Crippen molar-refractivity contribution in [1.82, 2.24) is 5.16 Å². The van der Waals surface area contributed by atoms with E-state index >= 15 is 0 Å². The van der Waals surface area contributed by atoms with Crippen molar-refractivity contribution in [3.8, 4) is 0 Å². The first kappa shape index (κ1) is 19.9. The normalized spacial score (nSPS) is 14.0. The Morgan fingerprint density at radius 1 is 1.25 bits per heavy atom. The van der Waals surface area contributed by atoms with Crippen LogP contribution >= 0.6 is 0 Å². The van der Waals surface area contributed by atoms with Gasteiger partial charge < -0.3 is 9.26 Å². The van der Waals surface area contributed by atoms with Gasteiger partial charge in [0.2, 0.25) is 0 Å². The van der Waals surface area contributed by atoms with Crippen LogP contribution in [-0.4, -0.2) is 30.2 Å². The minimum absolute atomic E-state index is 0.0273. The van der Waals surface area contributed by atoms with Crippen LogP contribution in [0.15, 0.2) is 28.9 Å². The number of amides is 1. The first-order valence-corrected chi connectivity index (χ1v) is 8.92. The van der Waals surface area contributed by atoms with Crippen molar-refractivity contribution in [2.45, 2.75) is 38.8 Å². The summed E-state index contributed by atoms with van der Waals surface area (Å²) in [7, 11) is 0. The Labute approximate surface area is 159 Å². The summed E-state index contributed by atoms with van der Waals surface area (Å²) in [5, 5.41) is 3.66. The minimum Gasteiger partial charge on any atom is -0.449 e. The maximum absolute atomic E-state index is 13.2. The topological polar surface area (TPSA) is 72.6 Å². The number of hydrogen-bond donors (Lipinski definition) is 0. The van der Waals surface area contributed by atoms with Gasteiger partial charge in [-0.15, -0.1) is 0 Å². The number of carbonyl (C=O) groups excluding carboxylic acids is 2. The highest BCUT2D eigenvalue weighted by Gasteiger charge is 2.36. The zero-order valence-electron chi connectivity index (χ0n) is 15.4. The Morgan fingerprint density at radius 2 is 1.96 bits per heavy atom. The number of hydrogen-bond acceptors (Lipinski definition) is 5. The molecule has 6 nitrogen and oxygen atoms in total. The van der Waals surface area contributed by atoms with Crippen LogP contribution in [0.25, 0.3) is 0 Å². The zero-order chi connectivity index (χ0) is 20.5. The molecule has 9 heteroatoms. The number of aromatic nitrogens is 1. The van der Waals surface area contributed by atoms with E-state index in [2.05, 4.69) is 5.16 Å². The van der Waals surface area contributed by atoms with Crippen LogP contribution in [0, 0.1) is 0 Å². The predicted molar refractivity (Wildman–Crippen MR) is 93.4 cm³/mol. The quantitative estimate of drug-likeness (QED) is 0.657. The number of ether oxygens (including phenoxy) is 1. The average Bonchev–Trinajstić information content (AvgIpc) is 3.37. The lowest BCUT2D eigenvalue weighted by atomic mass is 9.98. The molecule has 0 saturated heterocycles. The third-order valence-electron chi connectivity index (χ3n) is 4.46. The number of nitrogens with zero attached hydrogens (tertiary/aromatic N) is 2. The number of carbonyl (C=O) groups is 2. The van der Waals surface area contributed by atoms with Gasteiger partial charge in [0.05, 0.1) is 29.6 Å². The van der Waals surface area contributed by atoms with E-state index in [-0.39, 0.29) is 35.9 Å². The molecule has 1 heterocycles. The zero-order valence-corrected chi connectivity index (χ0v) is 15.4. The summed E-state index contributed by atoms with van der Waals surface area (Å²) < 4.78 is 49.8. The summed E-state index contributed by atoms with van der Waals surface area (Å²) in [6, 6.07) is 2.68. The molecule has 150 valence electrons. The molecule has 1 aromatic carbocycles. The number of anilines is 1. The molecule has 0 atom stereocenters. The fraction of sp³-hybridized carbons (Fsp3) is 0.421. The molecule has 2 aromatic rings. The van der Waals surface area contributed by atoms with Gasteiger partial charge in [0.25, 0.3) is 0 Å². The molecule has 1 saturated carbocycles. The van der Waals surface area contributed by atoms with Crippen LogP contribution in [0.3, 0.4) is 0 Å². The molecular weight excluding hydrogens is 377 g/mol. The molecule has 0 unspecified atom stereocenters. The van der Waals surface area contributed by atoms with Crippen molar-refractivity contribution in [2.75, 3.05) is 18.1 Å². The second-order valence-corrected chi connectivity index (χ2v) is 6.38. The van der Waals surface area contributed by atoms with Gasteiger partial charge in [0.15, 0.2) is 11.5 Å². The van der Waals surface area contributed by atoms with Crippen molar-refractivity contribution in [2.24, 2.45) is 0 Å². The maximum Gasteiger partial charge on any atom is 0.416 e. The molecule has 1 aromatic heterocycles. The Hall–Kier alpha value is -2.84. The highest BCUT2D eigenvalue weighted by Crippen LogP contribution is 2.42. The molecule has 0 bridgehead atoms. The SMILES string of the molecule is CCOC(=O)N(CC)c1cc(C(F)(F)F)ccc1C(=O)c1cnoc1C1CC1. The van der Waals surface area contributed by atoms with E-state index in [1.54, 1.807) is 13.8 Å². The van der Waals surface area contributed by atoms with Gasteiger partial charge in [0, 0.05) is 18.0 Å². The monoisotopic (exact) mass is 396 g/mol. The number of rotatable bonds is 6. The smallest absolute Gasteiger partial charge is 0.416 e. The number of ketones is 1. The number of alkyl halides is 3. The summed E-state index contributed by atoms with van der Waals surface area (Å²) in [5.41, 5.74) is -0.977. The van der Waals surface area contributed by atoms with E-state index in [1.807, 2.05) is 0 Å². The van der Waals surface area contributed by atoms with Crippen LogP contribution < -0.4 is 4.90 Å². The molecule has 0 N–H and O–H groups in total. The second kappa shape index (κ2) is 7.65. The van der Waals surface area contributed by atoms with Crippen molar-refractivity contribution >= 4 is 17.6 Å². The molecule has 1 aliphatic rings. The van der Waals surface area contributed by atoms with Gasteiger partial charge in [-0.3, -0.25) is 9.69 Å².